The number of hydrogen-bond acceptors (Lipinski definition) is 3. The number of hydrogen-bond donors (Lipinski definition) is 1. The standard InChI is InChI=1S/C19H23NO3/c1-4-23-18-11-7-16(8-12-18)14(2)20-19(21)13-15-5-9-17(22-3)10-6-15/h5-12,14H,4,13H2,1-3H3,(H,20,21)/t14-/m1/s1. The van der Waals surface area contributed by atoms with E-state index in [0.717, 1.165) is 22.6 Å². The maximum atomic E-state index is 12.2. The van der Waals surface area contributed by atoms with E-state index >= 15 is 0 Å². The van der Waals surface area contributed by atoms with Gasteiger partial charge in [0.15, 0.2) is 0 Å². The van der Waals surface area contributed by atoms with Crippen LogP contribution in [0.3, 0.4) is 0 Å². The quantitative estimate of drug-likeness (QED) is 0.851. The Morgan fingerprint density at radius 2 is 1.65 bits per heavy atom. The summed E-state index contributed by atoms with van der Waals surface area (Å²) in [6, 6.07) is 15.3. The Labute approximate surface area is 137 Å². The number of nitrogens with one attached hydrogen (secondary N) is 1. The molecule has 2 aromatic rings. The van der Waals surface area contributed by atoms with Crippen molar-refractivity contribution in [3.8, 4) is 11.5 Å². The second kappa shape index (κ2) is 8.22. The number of rotatable bonds is 7. The van der Waals surface area contributed by atoms with Crippen molar-refractivity contribution < 1.29 is 14.3 Å². The van der Waals surface area contributed by atoms with Crippen molar-refractivity contribution >= 4 is 5.91 Å². The predicted molar refractivity (Wildman–Crippen MR) is 90.9 cm³/mol. The van der Waals surface area contributed by atoms with E-state index in [4.69, 9.17) is 9.47 Å². The zero-order valence-electron chi connectivity index (χ0n) is 13.8. The van der Waals surface area contributed by atoms with E-state index in [1.54, 1.807) is 7.11 Å². The van der Waals surface area contributed by atoms with Crippen LogP contribution in [0.4, 0.5) is 0 Å². The molecule has 0 aromatic heterocycles. The highest BCUT2D eigenvalue weighted by atomic mass is 16.5. The molecule has 4 heteroatoms. The molecule has 23 heavy (non-hydrogen) atoms. The lowest BCUT2D eigenvalue weighted by Crippen LogP contribution is -2.28. The number of carbonyl (C=O) groups is 1. The zero-order valence-corrected chi connectivity index (χ0v) is 13.8. The fourth-order valence-corrected chi connectivity index (χ4v) is 2.32. The van der Waals surface area contributed by atoms with Gasteiger partial charge in [-0.3, -0.25) is 4.79 Å². The summed E-state index contributed by atoms with van der Waals surface area (Å²) in [6.45, 7) is 4.57. The van der Waals surface area contributed by atoms with Gasteiger partial charge in [-0.05, 0) is 49.2 Å². The molecule has 0 radical (unpaired) electrons. The van der Waals surface area contributed by atoms with E-state index < -0.39 is 0 Å². The van der Waals surface area contributed by atoms with Gasteiger partial charge in [-0.1, -0.05) is 24.3 Å². The molecule has 1 amide bonds. The summed E-state index contributed by atoms with van der Waals surface area (Å²) >= 11 is 0. The summed E-state index contributed by atoms with van der Waals surface area (Å²) in [5, 5.41) is 3.01. The molecule has 2 rings (SSSR count). The van der Waals surface area contributed by atoms with E-state index in [1.807, 2.05) is 62.4 Å². The minimum Gasteiger partial charge on any atom is -0.497 e. The van der Waals surface area contributed by atoms with Crippen LogP contribution in [0.2, 0.25) is 0 Å². The van der Waals surface area contributed by atoms with Crippen LogP contribution >= 0.6 is 0 Å². The minimum absolute atomic E-state index is 0.00319. The van der Waals surface area contributed by atoms with Crippen LogP contribution in [0.25, 0.3) is 0 Å². The molecule has 2 aromatic carbocycles. The molecule has 0 aliphatic heterocycles. The van der Waals surface area contributed by atoms with Crippen LogP contribution < -0.4 is 14.8 Å². The summed E-state index contributed by atoms with van der Waals surface area (Å²) < 4.78 is 10.5. The fraction of sp³-hybridized carbons (Fsp3) is 0.316. The number of ether oxygens (including phenoxy) is 2. The number of carbonyl (C=O) groups excluding carboxylic acids is 1. The Bertz CT molecular complexity index is 620. The Morgan fingerprint density at radius 3 is 2.22 bits per heavy atom. The summed E-state index contributed by atoms with van der Waals surface area (Å²) in [5.41, 5.74) is 2.01. The Morgan fingerprint density at radius 1 is 1.04 bits per heavy atom. The third-order valence-electron chi connectivity index (χ3n) is 3.59. The van der Waals surface area contributed by atoms with Crippen LogP contribution in [0.15, 0.2) is 48.5 Å². The average Bonchev–Trinajstić information content (AvgIpc) is 2.56. The minimum atomic E-state index is -0.0450. The summed E-state index contributed by atoms with van der Waals surface area (Å²) in [7, 11) is 1.63. The first kappa shape index (κ1) is 16.9. The van der Waals surface area contributed by atoms with Crippen LogP contribution in [-0.2, 0) is 11.2 Å². The molecule has 1 N–H and O–H groups in total. The number of benzene rings is 2. The maximum absolute atomic E-state index is 12.2. The summed E-state index contributed by atoms with van der Waals surface area (Å²) in [6.07, 6.45) is 0.353. The molecular weight excluding hydrogens is 290 g/mol. The molecule has 122 valence electrons. The van der Waals surface area contributed by atoms with Crippen molar-refractivity contribution in [3.05, 3.63) is 59.7 Å². The van der Waals surface area contributed by atoms with E-state index in [9.17, 15) is 4.79 Å². The summed E-state index contributed by atoms with van der Waals surface area (Å²) in [5.74, 6) is 1.63. The molecule has 0 aliphatic carbocycles. The molecule has 0 spiro atoms. The molecule has 0 bridgehead atoms. The largest absolute Gasteiger partial charge is 0.497 e. The molecule has 0 saturated carbocycles. The number of methoxy groups -OCH3 is 1. The van der Waals surface area contributed by atoms with Crippen LogP contribution in [0.5, 0.6) is 11.5 Å². The van der Waals surface area contributed by atoms with Crippen molar-refractivity contribution in [2.45, 2.75) is 26.3 Å². The van der Waals surface area contributed by atoms with Gasteiger partial charge in [-0.2, -0.15) is 0 Å². The molecule has 4 nitrogen and oxygen atoms in total. The van der Waals surface area contributed by atoms with Gasteiger partial charge < -0.3 is 14.8 Å². The normalized spacial score (nSPS) is 11.6. The molecule has 0 aliphatic rings. The molecule has 0 unspecified atom stereocenters. The third-order valence-corrected chi connectivity index (χ3v) is 3.59. The highest BCUT2D eigenvalue weighted by Crippen LogP contribution is 2.18. The molecule has 0 saturated heterocycles. The van der Waals surface area contributed by atoms with Gasteiger partial charge in [0, 0.05) is 0 Å². The van der Waals surface area contributed by atoms with Gasteiger partial charge in [-0.25, -0.2) is 0 Å². The second-order valence-corrected chi connectivity index (χ2v) is 5.32. The first-order chi connectivity index (χ1) is 11.1. The highest BCUT2D eigenvalue weighted by molar-refractivity contribution is 5.79. The van der Waals surface area contributed by atoms with Gasteiger partial charge in [0.25, 0.3) is 0 Å². The van der Waals surface area contributed by atoms with Crippen molar-refractivity contribution in [2.24, 2.45) is 0 Å². The first-order valence-electron chi connectivity index (χ1n) is 7.77. The van der Waals surface area contributed by atoms with Gasteiger partial charge >= 0.3 is 0 Å². The zero-order chi connectivity index (χ0) is 16.7. The Kier molecular flexibility index (Phi) is 6.03. The molecule has 0 heterocycles. The van der Waals surface area contributed by atoms with Gasteiger partial charge in [0.05, 0.1) is 26.2 Å². The monoisotopic (exact) mass is 313 g/mol. The average molecular weight is 313 g/mol. The highest BCUT2D eigenvalue weighted by Gasteiger charge is 2.10. The van der Waals surface area contributed by atoms with Crippen LogP contribution in [0, 0.1) is 0 Å². The lowest BCUT2D eigenvalue weighted by molar-refractivity contribution is -0.121. The van der Waals surface area contributed by atoms with Crippen LogP contribution in [-0.4, -0.2) is 19.6 Å². The van der Waals surface area contributed by atoms with Crippen molar-refractivity contribution in [3.63, 3.8) is 0 Å². The van der Waals surface area contributed by atoms with Crippen LogP contribution in [0.1, 0.15) is 31.0 Å². The lowest BCUT2D eigenvalue weighted by Gasteiger charge is -2.15. The van der Waals surface area contributed by atoms with E-state index in [2.05, 4.69) is 5.32 Å². The smallest absolute Gasteiger partial charge is 0.224 e. The van der Waals surface area contributed by atoms with E-state index in [-0.39, 0.29) is 11.9 Å². The Balaban J connectivity index is 1.90. The molecule has 0 fully saturated rings. The molecular formula is C19H23NO3. The predicted octanol–water partition coefficient (Wildman–Crippen LogP) is 3.51. The fourth-order valence-electron chi connectivity index (χ4n) is 2.32. The van der Waals surface area contributed by atoms with E-state index in [0.29, 0.717) is 13.0 Å². The maximum Gasteiger partial charge on any atom is 0.224 e. The topological polar surface area (TPSA) is 47.6 Å². The SMILES string of the molecule is CCOc1ccc([C@@H](C)NC(=O)Cc2ccc(OC)cc2)cc1. The second-order valence-electron chi connectivity index (χ2n) is 5.32. The van der Waals surface area contributed by atoms with Crippen molar-refractivity contribution in [1.82, 2.24) is 5.32 Å². The lowest BCUT2D eigenvalue weighted by atomic mass is 10.1. The number of amides is 1. The van der Waals surface area contributed by atoms with Gasteiger partial charge in [0.1, 0.15) is 11.5 Å². The Hall–Kier alpha value is -2.49. The molecule has 1 atom stereocenters. The first-order valence-corrected chi connectivity index (χ1v) is 7.77. The van der Waals surface area contributed by atoms with Crippen molar-refractivity contribution in [2.75, 3.05) is 13.7 Å². The summed E-state index contributed by atoms with van der Waals surface area (Å²) in [4.78, 5) is 12.2. The van der Waals surface area contributed by atoms with Gasteiger partial charge in [-0.15, -0.1) is 0 Å². The van der Waals surface area contributed by atoms with E-state index in [1.165, 1.54) is 0 Å². The van der Waals surface area contributed by atoms with Gasteiger partial charge in [0.2, 0.25) is 5.91 Å². The van der Waals surface area contributed by atoms with Crippen molar-refractivity contribution in [1.29, 1.82) is 0 Å². The third kappa shape index (κ3) is 5.02.